The number of anilines is 1. The zero-order chi connectivity index (χ0) is 24.2. The van der Waals surface area contributed by atoms with Crippen LogP contribution in [0.3, 0.4) is 0 Å². The number of ether oxygens (including phenoxy) is 2. The van der Waals surface area contributed by atoms with E-state index in [1.54, 1.807) is 32.5 Å². The number of hydrogen-bond acceptors (Lipinski definition) is 6. The molecule has 0 saturated carbocycles. The summed E-state index contributed by atoms with van der Waals surface area (Å²) in [6.45, 7) is 2.57. The minimum Gasteiger partial charge on any atom is -0.493 e. The standard InChI is InChI=1S/C26H32N5O2S/c1-17(27)28-13-9-8-12-25-29-19(15-26-31(3)20-10-6-7-11-24(20)34-26)18-14-22(32-4)23(33-5)16-21(18)30(25)2/h6-7,10-11,14-16H,8-9,12-13H2,1-5H3,(H2,27,28)/q+1. The summed E-state index contributed by atoms with van der Waals surface area (Å²) in [6.07, 6.45) is 4.98. The lowest BCUT2D eigenvalue weighted by Gasteiger charge is -2.30. The molecule has 2 N–H and O–H groups in total. The molecular weight excluding hydrogens is 446 g/mol. The molecule has 0 atom stereocenters. The summed E-state index contributed by atoms with van der Waals surface area (Å²) >= 11 is 1.76. The molecule has 34 heavy (non-hydrogen) atoms. The second-order valence-electron chi connectivity index (χ2n) is 8.32. The number of nitrogens with zero attached hydrogens (tertiary/aromatic N) is 3. The highest BCUT2D eigenvalue weighted by atomic mass is 32.1. The van der Waals surface area contributed by atoms with Gasteiger partial charge in [-0.15, -0.1) is 0 Å². The van der Waals surface area contributed by atoms with Crippen molar-refractivity contribution in [1.29, 1.82) is 5.41 Å². The highest BCUT2D eigenvalue weighted by Crippen LogP contribution is 2.42. The molecule has 1 aliphatic rings. The zero-order valence-corrected chi connectivity index (χ0v) is 21.3. The van der Waals surface area contributed by atoms with E-state index < -0.39 is 0 Å². The molecule has 0 unspecified atom stereocenters. The third kappa shape index (κ3) is 4.77. The number of methoxy groups -OCH3 is 2. The third-order valence-electron chi connectivity index (χ3n) is 6.03. The van der Waals surface area contributed by atoms with Crippen LogP contribution in [0.4, 0.5) is 5.69 Å². The fraction of sp³-hybridized carbons (Fsp3) is 0.346. The van der Waals surface area contributed by atoms with Crippen LogP contribution < -0.4 is 24.3 Å². The molecule has 1 aliphatic heterocycles. The summed E-state index contributed by atoms with van der Waals surface area (Å²) in [5.41, 5.74) is 4.19. The molecule has 1 aromatic heterocycles. The number of aryl methyl sites for hydroxylation is 1. The fourth-order valence-electron chi connectivity index (χ4n) is 4.15. The van der Waals surface area contributed by atoms with E-state index in [1.807, 2.05) is 12.1 Å². The van der Waals surface area contributed by atoms with Gasteiger partial charge in [-0.05, 0) is 31.9 Å². The van der Waals surface area contributed by atoms with Crippen molar-refractivity contribution in [2.45, 2.75) is 26.2 Å². The van der Waals surface area contributed by atoms with E-state index in [0.29, 0.717) is 17.3 Å². The average molecular weight is 479 g/mol. The summed E-state index contributed by atoms with van der Waals surface area (Å²) in [5.74, 6) is 2.91. The van der Waals surface area contributed by atoms with Crippen LogP contribution in [-0.4, -0.2) is 39.5 Å². The van der Waals surface area contributed by atoms with E-state index >= 15 is 0 Å². The molecular formula is C26H32N5O2S+. The Morgan fingerprint density at radius 3 is 2.62 bits per heavy atom. The van der Waals surface area contributed by atoms with Crippen molar-refractivity contribution in [2.24, 2.45) is 12.0 Å². The van der Waals surface area contributed by atoms with Gasteiger partial charge in [0.1, 0.15) is 17.6 Å². The molecule has 0 radical (unpaired) electrons. The van der Waals surface area contributed by atoms with Crippen LogP contribution in [0.15, 0.2) is 41.4 Å². The lowest BCUT2D eigenvalue weighted by Crippen LogP contribution is -2.31. The Bertz CT molecular complexity index is 1280. The maximum Gasteiger partial charge on any atom is 0.264 e. The van der Waals surface area contributed by atoms with Gasteiger partial charge in [0, 0.05) is 43.8 Å². The van der Waals surface area contributed by atoms with Crippen molar-refractivity contribution in [3.63, 3.8) is 0 Å². The quantitative estimate of drug-likeness (QED) is 0.210. The molecule has 4 rings (SSSR count). The molecule has 0 bridgehead atoms. The first-order valence-electron chi connectivity index (χ1n) is 11.4. The van der Waals surface area contributed by atoms with E-state index in [9.17, 15) is 0 Å². The molecule has 8 heteroatoms. The van der Waals surface area contributed by atoms with Crippen LogP contribution in [-0.2, 0) is 7.05 Å². The van der Waals surface area contributed by atoms with E-state index in [2.05, 4.69) is 59.2 Å². The number of hydrogen-bond donors (Lipinski definition) is 2. The number of para-hydroxylation sites is 1. The molecule has 0 aliphatic carbocycles. The highest BCUT2D eigenvalue weighted by Gasteiger charge is 2.26. The van der Waals surface area contributed by atoms with E-state index in [1.165, 1.54) is 10.2 Å². The van der Waals surface area contributed by atoms with Gasteiger partial charge < -0.3 is 19.7 Å². The molecule has 0 fully saturated rings. The first-order valence-corrected chi connectivity index (χ1v) is 12.2. The van der Waals surface area contributed by atoms with Crippen LogP contribution in [0.2, 0.25) is 0 Å². The maximum absolute atomic E-state index is 7.53. The van der Waals surface area contributed by atoms with Gasteiger partial charge in [0.25, 0.3) is 5.01 Å². The van der Waals surface area contributed by atoms with E-state index in [-0.39, 0.29) is 0 Å². The summed E-state index contributed by atoms with van der Waals surface area (Å²) < 4.78 is 14.7. The van der Waals surface area contributed by atoms with E-state index in [4.69, 9.17) is 19.9 Å². The molecule has 7 nitrogen and oxygen atoms in total. The highest BCUT2D eigenvalue weighted by molar-refractivity contribution is 7.18. The molecule has 178 valence electrons. The monoisotopic (exact) mass is 478 g/mol. The molecule has 0 amide bonds. The second kappa shape index (κ2) is 10.3. The summed E-state index contributed by atoms with van der Waals surface area (Å²) in [7, 11) is 7.47. The van der Waals surface area contributed by atoms with Gasteiger partial charge in [0.05, 0.1) is 31.4 Å². The number of thiazole rings is 1. The third-order valence-corrected chi connectivity index (χ3v) is 7.19. The summed E-state index contributed by atoms with van der Waals surface area (Å²) in [5, 5.41) is 11.7. The van der Waals surface area contributed by atoms with Gasteiger partial charge in [-0.1, -0.05) is 23.5 Å². The van der Waals surface area contributed by atoms with Crippen LogP contribution in [0.1, 0.15) is 36.8 Å². The maximum atomic E-state index is 7.53. The van der Waals surface area contributed by atoms with Crippen molar-refractivity contribution in [3.05, 3.63) is 47.0 Å². The number of aromatic nitrogens is 1. The molecule has 2 heterocycles. The SMILES string of the molecule is COc1cc2c(cc1OC)N(C)C(CCCCNC(C)=N)=NC2=Cc1sc2ccccc2[n+]1C. The average Bonchev–Trinajstić information content (AvgIpc) is 3.15. The summed E-state index contributed by atoms with van der Waals surface area (Å²) in [6, 6.07) is 12.5. The van der Waals surface area contributed by atoms with Crippen molar-refractivity contribution in [1.82, 2.24) is 5.32 Å². The predicted octanol–water partition coefficient (Wildman–Crippen LogP) is 4.85. The van der Waals surface area contributed by atoms with Crippen LogP contribution in [0, 0.1) is 5.41 Å². The number of benzene rings is 2. The molecule has 2 aromatic carbocycles. The Labute approximate surface area is 204 Å². The Hall–Kier alpha value is -3.39. The number of rotatable bonds is 8. The van der Waals surface area contributed by atoms with Gasteiger partial charge in [-0.25, -0.2) is 4.99 Å². The Morgan fingerprint density at radius 2 is 1.91 bits per heavy atom. The van der Waals surface area contributed by atoms with Crippen molar-refractivity contribution in [2.75, 3.05) is 32.7 Å². The summed E-state index contributed by atoms with van der Waals surface area (Å²) in [4.78, 5) is 7.26. The lowest BCUT2D eigenvalue weighted by molar-refractivity contribution is -0.642. The lowest BCUT2D eigenvalue weighted by atomic mass is 10.0. The first-order chi connectivity index (χ1) is 16.4. The number of aliphatic imine (C=N–C) groups is 1. The largest absolute Gasteiger partial charge is 0.493 e. The van der Waals surface area contributed by atoms with Crippen LogP contribution in [0.25, 0.3) is 22.0 Å². The fourth-order valence-corrected chi connectivity index (χ4v) is 5.23. The van der Waals surface area contributed by atoms with Crippen molar-refractivity contribution in [3.8, 4) is 11.5 Å². The van der Waals surface area contributed by atoms with Gasteiger partial charge in [-0.3, -0.25) is 5.41 Å². The number of unbranched alkanes of at least 4 members (excludes halogenated alkanes) is 1. The van der Waals surface area contributed by atoms with E-state index in [0.717, 1.165) is 53.6 Å². The van der Waals surface area contributed by atoms with Crippen molar-refractivity contribution >= 4 is 50.7 Å². The molecule has 0 spiro atoms. The van der Waals surface area contributed by atoms with Gasteiger partial charge in [-0.2, -0.15) is 4.57 Å². The predicted molar refractivity (Wildman–Crippen MR) is 142 cm³/mol. The molecule has 3 aromatic rings. The first kappa shape index (κ1) is 23.8. The second-order valence-corrected chi connectivity index (χ2v) is 9.38. The Balaban J connectivity index is 1.75. The van der Waals surface area contributed by atoms with Gasteiger partial charge in [0.15, 0.2) is 11.5 Å². The van der Waals surface area contributed by atoms with Crippen molar-refractivity contribution < 1.29 is 14.0 Å². The molecule has 0 saturated heterocycles. The smallest absolute Gasteiger partial charge is 0.264 e. The normalized spacial score (nSPS) is 14.2. The minimum absolute atomic E-state index is 0.503. The van der Waals surface area contributed by atoms with Gasteiger partial charge >= 0.3 is 0 Å². The van der Waals surface area contributed by atoms with Crippen LogP contribution in [0.5, 0.6) is 11.5 Å². The van der Waals surface area contributed by atoms with Gasteiger partial charge in [0.2, 0.25) is 5.52 Å². The minimum atomic E-state index is 0.503. The topological polar surface area (TPSA) is 73.8 Å². The van der Waals surface area contributed by atoms with Crippen LogP contribution >= 0.6 is 11.3 Å². The Kier molecular flexibility index (Phi) is 7.17. The zero-order valence-electron chi connectivity index (χ0n) is 20.4. The number of fused-ring (bicyclic) bond motifs is 2. The number of amidine groups is 2. The Morgan fingerprint density at radius 1 is 1.18 bits per heavy atom. The number of nitrogens with one attached hydrogen (secondary N) is 2.